The van der Waals surface area contributed by atoms with Crippen LogP contribution >= 0.6 is 0 Å². The third-order valence-electron chi connectivity index (χ3n) is 7.04. The van der Waals surface area contributed by atoms with Gasteiger partial charge in [-0.15, -0.1) is 0 Å². The molecule has 1 N–H and O–H groups in total. The molecule has 2 aliphatic heterocycles. The molecule has 2 aliphatic rings. The number of hydrogen-bond donors (Lipinski definition) is 1. The van der Waals surface area contributed by atoms with Gasteiger partial charge in [-0.25, -0.2) is 9.97 Å². The Morgan fingerprint density at radius 1 is 0.829 bits per heavy atom. The van der Waals surface area contributed by atoms with E-state index in [2.05, 4.69) is 59.2 Å². The van der Waals surface area contributed by atoms with Crippen LogP contribution in [-0.2, 0) is 11.2 Å². The number of nitrogens with one attached hydrogen (secondary N) is 1. The molecule has 4 heterocycles. The second-order valence-corrected chi connectivity index (χ2v) is 9.25. The van der Waals surface area contributed by atoms with Crippen molar-refractivity contribution in [3.05, 3.63) is 72.8 Å². The molecule has 8 nitrogen and oxygen atoms in total. The van der Waals surface area contributed by atoms with Crippen molar-refractivity contribution in [3.8, 4) is 0 Å². The quantitative estimate of drug-likeness (QED) is 0.567. The maximum Gasteiger partial charge on any atom is 0.227 e. The van der Waals surface area contributed by atoms with E-state index in [-0.39, 0.29) is 11.8 Å². The average molecular weight is 472 g/mol. The van der Waals surface area contributed by atoms with Gasteiger partial charge >= 0.3 is 0 Å². The highest BCUT2D eigenvalue weighted by Gasteiger charge is 2.27. The summed E-state index contributed by atoms with van der Waals surface area (Å²) in [6, 6.07) is 14.2. The van der Waals surface area contributed by atoms with E-state index in [1.807, 2.05) is 30.6 Å². The van der Waals surface area contributed by atoms with Gasteiger partial charge in [0.1, 0.15) is 0 Å². The van der Waals surface area contributed by atoms with E-state index < -0.39 is 0 Å². The minimum atomic E-state index is 0.00746. The number of anilines is 3. The number of rotatable bonds is 7. The lowest BCUT2D eigenvalue weighted by molar-refractivity contribution is -0.120. The van der Waals surface area contributed by atoms with Crippen molar-refractivity contribution >= 4 is 23.2 Å². The minimum absolute atomic E-state index is 0.00746. The number of carbonyl (C=O) groups excluding carboxylic acids is 1. The van der Waals surface area contributed by atoms with Crippen LogP contribution in [0.5, 0.6) is 0 Å². The average Bonchev–Trinajstić information content (AvgIpc) is 2.94. The summed E-state index contributed by atoms with van der Waals surface area (Å²) < 4.78 is 0. The van der Waals surface area contributed by atoms with Gasteiger partial charge in [-0.05, 0) is 55.2 Å². The highest BCUT2D eigenvalue weighted by Crippen LogP contribution is 2.29. The number of piperazine rings is 1. The summed E-state index contributed by atoms with van der Waals surface area (Å²) in [5.74, 6) is 0.867. The lowest BCUT2D eigenvalue weighted by atomic mass is 9.96. The molecule has 0 radical (unpaired) electrons. The number of benzene rings is 1. The Morgan fingerprint density at radius 2 is 1.54 bits per heavy atom. The third kappa shape index (κ3) is 5.95. The van der Waals surface area contributed by atoms with Gasteiger partial charge in [0.05, 0.1) is 11.4 Å². The number of piperidine rings is 1. The maximum absolute atomic E-state index is 13.1. The van der Waals surface area contributed by atoms with E-state index >= 15 is 0 Å². The number of nitrogens with zero attached hydrogens (tertiary/aromatic N) is 6. The van der Waals surface area contributed by atoms with Crippen LogP contribution in [0.2, 0.25) is 0 Å². The molecule has 8 heteroatoms. The Hall–Kier alpha value is -3.52. The number of hydrogen-bond acceptors (Lipinski definition) is 7. The molecule has 3 aromatic rings. The van der Waals surface area contributed by atoms with Crippen molar-refractivity contribution in [3.63, 3.8) is 0 Å². The predicted molar refractivity (Wildman–Crippen MR) is 139 cm³/mol. The van der Waals surface area contributed by atoms with Crippen molar-refractivity contribution in [1.82, 2.24) is 19.9 Å². The first-order valence-electron chi connectivity index (χ1n) is 12.5. The van der Waals surface area contributed by atoms with Crippen LogP contribution in [0, 0.1) is 5.92 Å². The Balaban J connectivity index is 1.13. The molecule has 182 valence electrons. The molecule has 1 aromatic carbocycles. The van der Waals surface area contributed by atoms with Crippen LogP contribution in [0.15, 0.2) is 67.3 Å². The van der Waals surface area contributed by atoms with Crippen LogP contribution in [0.1, 0.15) is 18.4 Å². The summed E-state index contributed by atoms with van der Waals surface area (Å²) in [7, 11) is 0. The summed E-state index contributed by atoms with van der Waals surface area (Å²) in [5.41, 5.74) is 3.36. The Labute approximate surface area is 207 Å². The first-order chi connectivity index (χ1) is 17.3. The monoisotopic (exact) mass is 471 g/mol. The van der Waals surface area contributed by atoms with Gasteiger partial charge in [-0.1, -0.05) is 12.1 Å². The zero-order valence-corrected chi connectivity index (χ0v) is 20.1. The fourth-order valence-electron chi connectivity index (χ4n) is 4.94. The van der Waals surface area contributed by atoms with Gasteiger partial charge in [0.2, 0.25) is 11.9 Å². The molecular formula is C27H33N7O. The zero-order chi connectivity index (χ0) is 23.9. The number of pyridine rings is 1. The van der Waals surface area contributed by atoms with Gasteiger partial charge in [0.15, 0.2) is 0 Å². The molecule has 2 saturated heterocycles. The summed E-state index contributed by atoms with van der Waals surface area (Å²) in [5, 5.41) is 3.24. The Morgan fingerprint density at radius 3 is 2.29 bits per heavy atom. The van der Waals surface area contributed by atoms with Crippen LogP contribution in [0.3, 0.4) is 0 Å². The summed E-state index contributed by atoms with van der Waals surface area (Å²) in [6.45, 7) is 6.61. The normalized spacial score (nSPS) is 17.4. The topological polar surface area (TPSA) is 77.5 Å². The lowest BCUT2D eigenvalue weighted by Crippen LogP contribution is -2.47. The number of amides is 1. The van der Waals surface area contributed by atoms with E-state index in [4.69, 9.17) is 0 Å². The van der Waals surface area contributed by atoms with E-state index in [0.717, 1.165) is 82.4 Å². The molecule has 0 unspecified atom stereocenters. The fraction of sp³-hybridized carbons (Fsp3) is 0.407. The Kier molecular flexibility index (Phi) is 7.48. The molecule has 0 spiro atoms. The van der Waals surface area contributed by atoms with E-state index in [0.29, 0.717) is 0 Å². The molecule has 35 heavy (non-hydrogen) atoms. The number of aromatic nitrogens is 3. The second kappa shape index (κ2) is 11.3. The molecule has 0 bridgehead atoms. The fourth-order valence-corrected chi connectivity index (χ4v) is 4.94. The van der Waals surface area contributed by atoms with Gasteiger partial charge in [-0.2, -0.15) is 0 Å². The standard InChI is InChI=1S/C27H33N7O/c35-26(23-9-16-34(17-10-23)27-29-11-3-12-30-27)31-24-4-1-2-5-25(24)33-20-18-32(19-21-33)15-8-22-6-13-28-14-7-22/h1-7,11-14,23H,8-10,15-21H2,(H,31,35). The highest BCUT2D eigenvalue weighted by atomic mass is 16.1. The molecule has 2 aromatic heterocycles. The van der Waals surface area contributed by atoms with E-state index in [1.54, 1.807) is 12.4 Å². The first-order valence-corrected chi connectivity index (χ1v) is 12.5. The predicted octanol–water partition coefficient (Wildman–Crippen LogP) is 3.09. The van der Waals surface area contributed by atoms with E-state index in [1.165, 1.54) is 5.56 Å². The zero-order valence-electron chi connectivity index (χ0n) is 20.1. The second-order valence-electron chi connectivity index (χ2n) is 9.25. The van der Waals surface area contributed by atoms with Gasteiger partial charge in [0, 0.05) is 76.5 Å². The van der Waals surface area contributed by atoms with Gasteiger partial charge < -0.3 is 15.1 Å². The van der Waals surface area contributed by atoms with E-state index in [9.17, 15) is 4.79 Å². The van der Waals surface area contributed by atoms with Gasteiger partial charge in [-0.3, -0.25) is 14.7 Å². The molecule has 0 saturated carbocycles. The largest absolute Gasteiger partial charge is 0.367 e. The smallest absolute Gasteiger partial charge is 0.227 e. The van der Waals surface area contributed by atoms with Crippen molar-refractivity contribution in [1.29, 1.82) is 0 Å². The van der Waals surface area contributed by atoms with Gasteiger partial charge in [0.25, 0.3) is 0 Å². The summed E-state index contributed by atoms with van der Waals surface area (Å²) >= 11 is 0. The molecule has 5 rings (SSSR count). The molecular weight excluding hydrogens is 438 g/mol. The van der Waals surface area contributed by atoms with Crippen LogP contribution in [-0.4, -0.2) is 71.6 Å². The first kappa shape index (κ1) is 23.2. The SMILES string of the molecule is O=C(Nc1ccccc1N1CCN(CCc2ccncc2)CC1)C1CCN(c2ncccn2)CC1. The van der Waals surface area contributed by atoms with Crippen molar-refractivity contribution in [2.45, 2.75) is 19.3 Å². The molecule has 0 atom stereocenters. The van der Waals surface area contributed by atoms with Crippen LogP contribution < -0.4 is 15.1 Å². The third-order valence-corrected chi connectivity index (χ3v) is 7.04. The number of carbonyl (C=O) groups is 1. The van der Waals surface area contributed by atoms with Crippen molar-refractivity contribution < 1.29 is 4.79 Å². The molecule has 1 amide bonds. The lowest BCUT2D eigenvalue weighted by Gasteiger charge is -2.37. The van der Waals surface area contributed by atoms with Crippen LogP contribution in [0.4, 0.5) is 17.3 Å². The molecule has 2 fully saturated rings. The molecule has 0 aliphatic carbocycles. The summed E-state index contributed by atoms with van der Waals surface area (Å²) in [6.07, 6.45) is 9.91. The van der Waals surface area contributed by atoms with Crippen molar-refractivity contribution in [2.24, 2.45) is 5.92 Å². The summed E-state index contributed by atoms with van der Waals surface area (Å²) in [4.78, 5) is 33.0. The number of para-hydroxylation sites is 2. The Bertz CT molecular complexity index is 1080. The highest BCUT2D eigenvalue weighted by molar-refractivity contribution is 5.96. The van der Waals surface area contributed by atoms with Crippen molar-refractivity contribution in [2.75, 3.05) is 60.9 Å². The van der Waals surface area contributed by atoms with Crippen LogP contribution in [0.25, 0.3) is 0 Å². The maximum atomic E-state index is 13.1. The minimum Gasteiger partial charge on any atom is -0.367 e.